The normalized spacial score (nSPS) is 28.0. The van der Waals surface area contributed by atoms with E-state index in [1.807, 2.05) is 13.8 Å². The number of hydrogen-bond donors (Lipinski definition) is 2. The summed E-state index contributed by atoms with van der Waals surface area (Å²) in [6, 6.07) is 0. The van der Waals surface area contributed by atoms with Gasteiger partial charge in [-0.2, -0.15) is 30.4 Å². The molecule has 3 rings (SSSR count). The summed E-state index contributed by atoms with van der Waals surface area (Å²) in [4.78, 5) is 11.7. The average molecular weight is 458 g/mol. The summed E-state index contributed by atoms with van der Waals surface area (Å²) >= 11 is 0. The van der Waals surface area contributed by atoms with Crippen molar-refractivity contribution in [1.29, 1.82) is 0 Å². The Bertz CT molecular complexity index is 853. The fraction of sp³-hybridized carbons (Fsp3) is 0.923. The van der Waals surface area contributed by atoms with E-state index in [4.69, 9.17) is 5.21 Å². The summed E-state index contributed by atoms with van der Waals surface area (Å²) in [5, 5.41) is 4.84. The number of nitrogens with one attached hydrogen (secondary N) is 1. The molecule has 3 saturated carbocycles. The predicted octanol–water partition coefficient (Wildman–Crippen LogP) is 1.64. The Hall–Kier alpha value is -1.06. The van der Waals surface area contributed by atoms with E-state index in [1.165, 1.54) is 0 Å². The molecule has 164 valence electrons. The standard InChI is InChI=1S/C13H19F5N2O6S2/c1-11(2)8-4-3-7(9(11)5-8)6-19-10(21)12(14,15)27(23,24)20(22)28(25,26)13(16,17)18/h7-9,22H,3-6H2,1-2H3,(H,19,21). The molecule has 0 saturated heterocycles. The van der Waals surface area contributed by atoms with E-state index in [2.05, 4.69) is 0 Å². The van der Waals surface area contributed by atoms with E-state index < -0.39 is 40.6 Å². The molecule has 0 aromatic heterocycles. The van der Waals surface area contributed by atoms with Gasteiger partial charge in [0.1, 0.15) is 0 Å². The van der Waals surface area contributed by atoms with E-state index >= 15 is 0 Å². The van der Waals surface area contributed by atoms with Crippen molar-refractivity contribution in [2.24, 2.45) is 23.2 Å². The molecule has 1 amide bonds. The molecular formula is C13H19F5N2O6S2. The van der Waals surface area contributed by atoms with Gasteiger partial charge in [-0.05, 0) is 42.4 Å². The van der Waals surface area contributed by atoms with Crippen LogP contribution in [0.2, 0.25) is 0 Å². The number of halogens is 5. The molecule has 0 spiro atoms. The SMILES string of the molecule is CC1(C)C2CCC(CNC(=O)C(F)(F)S(=O)(=O)N(O)S(=O)(=O)C(F)(F)F)C1C2. The third-order valence-electron chi connectivity index (χ3n) is 5.82. The van der Waals surface area contributed by atoms with Crippen molar-refractivity contribution < 1.29 is 48.8 Å². The molecule has 2 bridgehead atoms. The van der Waals surface area contributed by atoms with Crippen LogP contribution in [0.5, 0.6) is 0 Å². The van der Waals surface area contributed by atoms with Gasteiger partial charge in [-0.25, -0.2) is 8.42 Å². The fourth-order valence-corrected chi connectivity index (χ4v) is 6.21. The number of alkyl halides is 5. The zero-order valence-corrected chi connectivity index (χ0v) is 16.3. The van der Waals surface area contributed by atoms with Crippen LogP contribution in [0.25, 0.3) is 0 Å². The summed E-state index contributed by atoms with van der Waals surface area (Å²) < 4.78 is 107. The second kappa shape index (κ2) is 6.74. The highest BCUT2D eigenvalue weighted by atomic mass is 32.3. The Kier molecular flexibility index (Phi) is 5.59. The Morgan fingerprint density at radius 3 is 2.07 bits per heavy atom. The lowest BCUT2D eigenvalue weighted by Gasteiger charge is -2.60. The van der Waals surface area contributed by atoms with Crippen LogP contribution in [-0.2, 0) is 24.8 Å². The van der Waals surface area contributed by atoms with Crippen LogP contribution < -0.4 is 5.32 Å². The molecule has 3 unspecified atom stereocenters. The van der Waals surface area contributed by atoms with Crippen molar-refractivity contribution in [2.45, 2.75) is 43.9 Å². The topological polar surface area (TPSA) is 121 Å². The summed E-state index contributed by atoms with van der Waals surface area (Å²) in [6.07, 6.45) is 2.19. The summed E-state index contributed by atoms with van der Waals surface area (Å²) in [6.45, 7) is 3.59. The number of rotatable bonds is 6. The average Bonchev–Trinajstić information content (AvgIpc) is 2.57. The number of carbonyl (C=O) groups is 1. The molecule has 0 radical (unpaired) electrons. The van der Waals surface area contributed by atoms with Crippen LogP contribution in [0.3, 0.4) is 0 Å². The van der Waals surface area contributed by atoms with E-state index in [9.17, 15) is 43.6 Å². The lowest BCUT2D eigenvalue weighted by Crippen LogP contribution is -2.57. The number of carbonyl (C=O) groups excluding carboxylic acids is 1. The maximum Gasteiger partial charge on any atom is 0.514 e. The molecule has 2 N–H and O–H groups in total. The number of nitrogens with zero attached hydrogens (tertiary/aromatic N) is 1. The minimum absolute atomic E-state index is 0.0784. The van der Waals surface area contributed by atoms with Gasteiger partial charge in [0.05, 0.1) is 0 Å². The van der Waals surface area contributed by atoms with Crippen LogP contribution in [0, 0.1) is 23.2 Å². The third-order valence-corrected chi connectivity index (χ3v) is 9.24. The third kappa shape index (κ3) is 3.39. The zero-order valence-electron chi connectivity index (χ0n) is 14.7. The van der Waals surface area contributed by atoms with Gasteiger partial charge < -0.3 is 5.32 Å². The van der Waals surface area contributed by atoms with Crippen LogP contribution in [-0.4, -0.2) is 49.1 Å². The molecular weight excluding hydrogens is 439 g/mol. The molecule has 8 nitrogen and oxygen atoms in total. The number of sulfonamides is 2. The Morgan fingerprint density at radius 1 is 1.11 bits per heavy atom. The van der Waals surface area contributed by atoms with Crippen LogP contribution >= 0.6 is 0 Å². The fourth-order valence-electron chi connectivity index (χ4n) is 3.97. The molecule has 0 aliphatic heterocycles. The second-order valence-corrected chi connectivity index (χ2v) is 11.4. The second-order valence-electron chi connectivity index (χ2n) is 7.56. The quantitative estimate of drug-likeness (QED) is 0.461. The lowest BCUT2D eigenvalue weighted by atomic mass is 9.45. The van der Waals surface area contributed by atoms with Gasteiger partial charge in [0, 0.05) is 10.4 Å². The van der Waals surface area contributed by atoms with Crippen LogP contribution in [0.1, 0.15) is 33.1 Å². The highest BCUT2D eigenvalue weighted by molar-refractivity contribution is 8.05. The van der Waals surface area contributed by atoms with Gasteiger partial charge in [0.15, 0.2) is 0 Å². The van der Waals surface area contributed by atoms with Gasteiger partial charge in [-0.3, -0.25) is 10.0 Å². The van der Waals surface area contributed by atoms with Crippen molar-refractivity contribution in [3.63, 3.8) is 0 Å². The first-order valence-corrected chi connectivity index (χ1v) is 11.0. The molecule has 28 heavy (non-hydrogen) atoms. The summed E-state index contributed by atoms with van der Waals surface area (Å²) in [5.41, 5.74) is -6.46. The lowest BCUT2D eigenvalue weighted by molar-refractivity contribution is -0.139. The molecule has 3 aliphatic carbocycles. The van der Waals surface area contributed by atoms with Crippen molar-refractivity contribution in [2.75, 3.05) is 6.54 Å². The van der Waals surface area contributed by atoms with Crippen molar-refractivity contribution in [1.82, 2.24) is 9.19 Å². The molecule has 15 heteroatoms. The van der Waals surface area contributed by atoms with Gasteiger partial charge in [0.2, 0.25) is 0 Å². The molecule has 3 aliphatic rings. The largest absolute Gasteiger partial charge is 0.514 e. The first-order chi connectivity index (χ1) is 12.4. The summed E-state index contributed by atoms with van der Waals surface area (Å²) in [7, 11) is -14.0. The first kappa shape index (κ1) is 23.2. The molecule has 3 fully saturated rings. The highest BCUT2D eigenvalue weighted by Crippen LogP contribution is 2.61. The van der Waals surface area contributed by atoms with Crippen LogP contribution in [0.4, 0.5) is 22.0 Å². The van der Waals surface area contributed by atoms with E-state index in [-0.39, 0.29) is 23.8 Å². The number of amides is 1. The molecule has 0 heterocycles. The van der Waals surface area contributed by atoms with Crippen LogP contribution in [0.15, 0.2) is 0 Å². The zero-order chi connectivity index (χ0) is 21.9. The Labute approximate surface area is 158 Å². The van der Waals surface area contributed by atoms with E-state index in [1.54, 1.807) is 5.32 Å². The highest BCUT2D eigenvalue weighted by Gasteiger charge is 2.64. The monoisotopic (exact) mass is 458 g/mol. The van der Waals surface area contributed by atoms with Crippen molar-refractivity contribution in [3.8, 4) is 0 Å². The van der Waals surface area contributed by atoms with Gasteiger partial charge in [0.25, 0.3) is 0 Å². The van der Waals surface area contributed by atoms with Gasteiger partial charge in [-0.1, -0.05) is 13.8 Å². The van der Waals surface area contributed by atoms with Crippen molar-refractivity contribution >= 4 is 26.0 Å². The Balaban J connectivity index is 2.13. The first-order valence-electron chi connectivity index (χ1n) is 8.09. The molecule has 0 aromatic rings. The number of hydrogen-bond acceptors (Lipinski definition) is 6. The minimum atomic E-state index is -7.06. The number of fused-ring (bicyclic) bond motifs is 2. The van der Waals surface area contributed by atoms with E-state index in [0.717, 1.165) is 12.8 Å². The maximum atomic E-state index is 13.9. The van der Waals surface area contributed by atoms with Crippen molar-refractivity contribution in [3.05, 3.63) is 0 Å². The summed E-state index contributed by atoms with van der Waals surface area (Å²) in [5.74, 6) is -2.21. The minimum Gasteiger partial charge on any atom is -0.350 e. The predicted molar refractivity (Wildman–Crippen MR) is 83.6 cm³/mol. The van der Waals surface area contributed by atoms with Gasteiger partial charge >= 0.3 is 36.7 Å². The molecule has 3 atom stereocenters. The van der Waals surface area contributed by atoms with E-state index in [0.29, 0.717) is 12.3 Å². The smallest absolute Gasteiger partial charge is 0.350 e. The van der Waals surface area contributed by atoms with Gasteiger partial charge in [-0.15, -0.1) is 0 Å². The maximum absolute atomic E-state index is 13.9. The Morgan fingerprint density at radius 2 is 1.64 bits per heavy atom. The molecule has 0 aromatic carbocycles.